The third kappa shape index (κ3) is 2.52. The van der Waals surface area contributed by atoms with Gasteiger partial charge in [0.25, 0.3) is 0 Å². The van der Waals surface area contributed by atoms with Crippen LogP contribution in [0.25, 0.3) is 33.3 Å². The maximum atomic E-state index is 13.3. The van der Waals surface area contributed by atoms with Gasteiger partial charge < -0.3 is 14.7 Å². The summed E-state index contributed by atoms with van der Waals surface area (Å²) in [5, 5.41) is 0.548. The minimum atomic E-state index is -0.0680. The smallest absolute Gasteiger partial charge is 0.200 e. The zero-order valence-corrected chi connectivity index (χ0v) is 14.7. The number of hydrogen-bond donors (Lipinski definition) is 1. The summed E-state index contributed by atoms with van der Waals surface area (Å²) in [5.74, 6) is 0.846. The highest BCUT2D eigenvalue weighted by Gasteiger charge is 2.18. The van der Waals surface area contributed by atoms with Crippen LogP contribution in [-0.2, 0) is 6.54 Å². The Kier molecular flexibility index (Phi) is 3.65. The minimum absolute atomic E-state index is 0.0680. The molecule has 0 spiro atoms. The fourth-order valence-electron chi connectivity index (χ4n) is 3.37. The van der Waals surface area contributed by atoms with Gasteiger partial charge in [-0.1, -0.05) is 42.5 Å². The topological polar surface area (TPSA) is 99.8 Å². The van der Waals surface area contributed by atoms with E-state index in [9.17, 15) is 4.79 Å². The molecule has 5 aromatic rings. The number of aromatic nitrogens is 4. The normalized spacial score (nSPS) is 11.3. The van der Waals surface area contributed by atoms with E-state index in [0.717, 1.165) is 5.56 Å². The van der Waals surface area contributed by atoms with Crippen LogP contribution < -0.4 is 11.2 Å². The van der Waals surface area contributed by atoms with Gasteiger partial charge in [0.15, 0.2) is 11.5 Å². The molecule has 0 radical (unpaired) electrons. The van der Waals surface area contributed by atoms with E-state index in [4.69, 9.17) is 10.2 Å². The van der Waals surface area contributed by atoms with Crippen molar-refractivity contribution in [3.8, 4) is 11.1 Å². The summed E-state index contributed by atoms with van der Waals surface area (Å²) in [6.07, 6.45) is 3.02. The van der Waals surface area contributed by atoms with Crippen molar-refractivity contribution < 1.29 is 4.42 Å². The van der Waals surface area contributed by atoms with Crippen LogP contribution in [0.15, 0.2) is 76.5 Å². The molecule has 3 aromatic heterocycles. The first kappa shape index (κ1) is 16.2. The van der Waals surface area contributed by atoms with Gasteiger partial charge in [-0.25, -0.2) is 15.0 Å². The molecule has 0 atom stereocenters. The van der Waals surface area contributed by atoms with Crippen molar-refractivity contribution in [2.45, 2.75) is 6.54 Å². The zero-order chi connectivity index (χ0) is 19.1. The molecule has 0 aliphatic carbocycles. The lowest BCUT2D eigenvalue weighted by Crippen LogP contribution is -2.11. The highest BCUT2D eigenvalue weighted by Crippen LogP contribution is 2.26. The molecule has 2 N–H and O–H groups in total. The number of benzene rings is 2. The average molecular weight is 369 g/mol. The number of nitrogens with zero attached hydrogens (tertiary/aromatic N) is 4. The maximum Gasteiger partial charge on any atom is 0.200 e. The number of nitrogen functional groups attached to an aromatic ring is 1. The standard InChI is InChI=1S/C21H15N5O2/c22-20-18-21(24-11-23-20)26(12-25-18)10-16-17(13-6-2-1-3-7-13)19(27)14-8-4-5-9-15(14)28-16/h1-9,11-12H,10H2,(H2,22,23,24). The lowest BCUT2D eigenvalue weighted by molar-refractivity contribution is 0.521. The van der Waals surface area contributed by atoms with Crippen molar-refractivity contribution in [2.24, 2.45) is 0 Å². The summed E-state index contributed by atoms with van der Waals surface area (Å²) < 4.78 is 7.96. The fraction of sp³-hybridized carbons (Fsp3) is 0.0476. The van der Waals surface area contributed by atoms with Gasteiger partial charge in [0, 0.05) is 0 Å². The van der Waals surface area contributed by atoms with Crippen LogP contribution in [0.4, 0.5) is 5.82 Å². The van der Waals surface area contributed by atoms with Crippen LogP contribution in [-0.4, -0.2) is 19.5 Å². The van der Waals surface area contributed by atoms with Crippen LogP contribution in [0.1, 0.15) is 5.76 Å². The first-order valence-electron chi connectivity index (χ1n) is 8.74. The van der Waals surface area contributed by atoms with Gasteiger partial charge in [0.2, 0.25) is 5.43 Å². The van der Waals surface area contributed by atoms with Gasteiger partial charge in [0.1, 0.15) is 23.2 Å². The number of rotatable bonds is 3. The molecule has 7 heteroatoms. The summed E-state index contributed by atoms with van der Waals surface area (Å²) >= 11 is 0. The van der Waals surface area contributed by atoms with E-state index in [1.807, 2.05) is 42.5 Å². The molecule has 7 nitrogen and oxygen atoms in total. The van der Waals surface area contributed by atoms with Crippen molar-refractivity contribution in [1.82, 2.24) is 19.5 Å². The molecule has 0 amide bonds. The van der Waals surface area contributed by atoms with E-state index in [1.54, 1.807) is 23.0 Å². The van der Waals surface area contributed by atoms with Crippen molar-refractivity contribution in [1.29, 1.82) is 0 Å². The lowest BCUT2D eigenvalue weighted by atomic mass is 10.0. The molecule has 0 saturated carbocycles. The molecule has 0 aliphatic heterocycles. The quantitative estimate of drug-likeness (QED) is 0.524. The van der Waals surface area contributed by atoms with Crippen LogP contribution in [0.2, 0.25) is 0 Å². The van der Waals surface area contributed by atoms with Gasteiger partial charge in [-0.15, -0.1) is 0 Å². The van der Waals surface area contributed by atoms with Crippen LogP contribution in [0, 0.1) is 0 Å². The maximum absolute atomic E-state index is 13.3. The van der Waals surface area contributed by atoms with E-state index < -0.39 is 0 Å². The molecule has 0 aliphatic rings. The van der Waals surface area contributed by atoms with E-state index in [-0.39, 0.29) is 12.0 Å². The van der Waals surface area contributed by atoms with Gasteiger partial charge >= 0.3 is 0 Å². The van der Waals surface area contributed by atoms with E-state index in [0.29, 0.717) is 39.3 Å². The van der Waals surface area contributed by atoms with Crippen LogP contribution in [0.3, 0.4) is 0 Å². The number of anilines is 1. The molecule has 0 saturated heterocycles. The summed E-state index contributed by atoms with van der Waals surface area (Å²) in [6.45, 7) is 0.289. The van der Waals surface area contributed by atoms with Gasteiger partial charge in [-0.05, 0) is 17.7 Å². The van der Waals surface area contributed by atoms with Crippen LogP contribution >= 0.6 is 0 Å². The Labute approximate surface area is 159 Å². The molecule has 2 aromatic carbocycles. The number of fused-ring (bicyclic) bond motifs is 2. The Morgan fingerprint density at radius 1 is 0.964 bits per heavy atom. The van der Waals surface area contributed by atoms with Crippen molar-refractivity contribution in [3.63, 3.8) is 0 Å². The second-order valence-electron chi connectivity index (χ2n) is 6.40. The molecular formula is C21H15N5O2. The molecular weight excluding hydrogens is 354 g/mol. The average Bonchev–Trinajstić information content (AvgIpc) is 3.13. The van der Waals surface area contributed by atoms with Crippen LogP contribution in [0.5, 0.6) is 0 Å². The van der Waals surface area contributed by atoms with Crippen molar-refractivity contribution in [3.05, 3.63) is 83.2 Å². The van der Waals surface area contributed by atoms with Crippen molar-refractivity contribution in [2.75, 3.05) is 5.73 Å². The second-order valence-corrected chi connectivity index (χ2v) is 6.40. The first-order valence-corrected chi connectivity index (χ1v) is 8.74. The molecule has 0 fully saturated rings. The number of hydrogen-bond acceptors (Lipinski definition) is 6. The zero-order valence-electron chi connectivity index (χ0n) is 14.7. The Balaban J connectivity index is 1.76. The Morgan fingerprint density at radius 2 is 1.75 bits per heavy atom. The van der Waals surface area contributed by atoms with Crippen molar-refractivity contribution >= 4 is 28.0 Å². The Hall–Kier alpha value is -4.00. The molecule has 28 heavy (non-hydrogen) atoms. The number of imidazole rings is 1. The molecule has 0 bridgehead atoms. The predicted octanol–water partition coefficient (Wildman–Crippen LogP) is 3.23. The Morgan fingerprint density at radius 3 is 2.61 bits per heavy atom. The SMILES string of the molecule is Nc1ncnc2c1ncn2Cc1oc2ccccc2c(=O)c1-c1ccccc1. The molecule has 0 unspecified atom stereocenters. The number of nitrogens with two attached hydrogens (primary N) is 1. The largest absolute Gasteiger partial charge is 0.458 e. The van der Waals surface area contributed by atoms with E-state index >= 15 is 0 Å². The summed E-state index contributed by atoms with van der Waals surface area (Å²) in [4.78, 5) is 25.8. The fourth-order valence-corrected chi connectivity index (χ4v) is 3.37. The molecule has 5 rings (SSSR count). The summed E-state index contributed by atoms with van der Waals surface area (Å²) in [6, 6.07) is 16.7. The third-order valence-electron chi connectivity index (χ3n) is 4.68. The highest BCUT2D eigenvalue weighted by molar-refractivity contribution is 5.83. The summed E-state index contributed by atoms with van der Waals surface area (Å²) in [5.41, 5.74) is 8.79. The first-order chi connectivity index (χ1) is 13.7. The lowest BCUT2D eigenvalue weighted by Gasteiger charge is -2.11. The van der Waals surface area contributed by atoms with Gasteiger partial charge in [-0.2, -0.15) is 0 Å². The molecule has 3 heterocycles. The van der Waals surface area contributed by atoms with Gasteiger partial charge in [-0.3, -0.25) is 4.79 Å². The number of para-hydroxylation sites is 1. The van der Waals surface area contributed by atoms with Gasteiger partial charge in [0.05, 0.1) is 23.8 Å². The predicted molar refractivity (Wildman–Crippen MR) is 107 cm³/mol. The Bertz CT molecular complexity index is 1370. The van der Waals surface area contributed by atoms with E-state index in [2.05, 4.69) is 15.0 Å². The minimum Gasteiger partial charge on any atom is -0.458 e. The second kappa shape index (κ2) is 6.31. The summed E-state index contributed by atoms with van der Waals surface area (Å²) in [7, 11) is 0. The van der Waals surface area contributed by atoms with E-state index in [1.165, 1.54) is 6.33 Å². The monoisotopic (exact) mass is 369 g/mol. The highest BCUT2D eigenvalue weighted by atomic mass is 16.3. The molecule has 136 valence electrons. The third-order valence-corrected chi connectivity index (χ3v) is 4.68.